The first-order chi connectivity index (χ1) is 7.95. The van der Waals surface area contributed by atoms with Gasteiger partial charge in [-0.2, -0.15) is 4.31 Å². The lowest BCUT2D eigenvalue weighted by Gasteiger charge is -2.26. The largest absolute Gasteiger partial charge is 0.316 e. The van der Waals surface area contributed by atoms with Gasteiger partial charge in [0.05, 0.1) is 5.75 Å². The molecule has 1 rings (SSSR count). The number of nitrogens with zero attached hydrogens (tertiary/aromatic N) is 1. The lowest BCUT2D eigenvalue weighted by Crippen LogP contribution is -2.40. The summed E-state index contributed by atoms with van der Waals surface area (Å²) < 4.78 is 26.0. The summed E-state index contributed by atoms with van der Waals surface area (Å²) in [6.07, 6.45) is 2.09. The van der Waals surface area contributed by atoms with E-state index in [1.54, 1.807) is 0 Å². The second-order valence-electron chi connectivity index (χ2n) is 4.87. The van der Waals surface area contributed by atoms with Crippen molar-refractivity contribution in [2.45, 2.75) is 26.7 Å². The molecule has 4 nitrogen and oxygen atoms in total. The summed E-state index contributed by atoms with van der Waals surface area (Å²) in [5, 5.41) is 3.25. The highest BCUT2D eigenvalue weighted by Crippen LogP contribution is 2.15. The zero-order chi connectivity index (χ0) is 12.9. The Morgan fingerprint density at radius 1 is 1.53 bits per heavy atom. The van der Waals surface area contributed by atoms with Gasteiger partial charge in [-0.05, 0) is 38.8 Å². The van der Waals surface area contributed by atoms with Gasteiger partial charge in [0.2, 0.25) is 10.0 Å². The van der Waals surface area contributed by atoms with Crippen LogP contribution in [-0.4, -0.2) is 44.7 Å². The number of rotatable bonds is 6. The Labute approximate surface area is 105 Å². The fraction of sp³-hybridized carbons (Fsp3) is 0.833. The van der Waals surface area contributed by atoms with Gasteiger partial charge >= 0.3 is 0 Å². The molecule has 0 radical (unpaired) electrons. The second kappa shape index (κ2) is 6.52. The fourth-order valence-corrected chi connectivity index (χ4v) is 4.08. The SMILES string of the molecule is C=C(C)CN(CC)S(=O)(=O)CC1CCCNC1. The van der Waals surface area contributed by atoms with Gasteiger partial charge in [0.15, 0.2) is 0 Å². The molecule has 0 amide bonds. The molecule has 1 aliphatic heterocycles. The van der Waals surface area contributed by atoms with Crippen LogP contribution in [0.5, 0.6) is 0 Å². The summed E-state index contributed by atoms with van der Waals surface area (Å²) in [4.78, 5) is 0. The van der Waals surface area contributed by atoms with Crippen molar-refractivity contribution in [2.75, 3.05) is 31.9 Å². The number of piperidine rings is 1. The van der Waals surface area contributed by atoms with Gasteiger partial charge in [-0.1, -0.05) is 19.1 Å². The van der Waals surface area contributed by atoms with Crippen molar-refractivity contribution in [2.24, 2.45) is 5.92 Å². The molecule has 0 aromatic rings. The first-order valence-corrected chi connectivity index (χ1v) is 7.89. The molecule has 0 spiro atoms. The predicted molar refractivity (Wildman–Crippen MR) is 71.4 cm³/mol. The van der Waals surface area contributed by atoms with Crippen molar-refractivity contribution >= 4 is 10.0 Å². The van der Waals surface area contributed by atoms with E-state index in [9.17, 15) is 8.42 Å². The third kappa shape index (κ3) is 4.77. The summed E-state index contributed by atoms with van der Waals surface area (Å²) in [7, 11) is -3.13. The fourth-order valence-electron chi connectivity index (χ4n) is 2.18. The molecule has 1 atom stereocenters. The summed E-state index contributed by atoms with van der Waals surface area (Å²) >= 11 is 0. The lowest BCUT2D eigenvalue weighted by molar-refractivity contribution is 0.388. The van der Waals surface area contributed by atoms with Gasteiger partial charge in [-0.15, -0.1) is 0 Å². The highest BCUT2D eigenvalue weighted by atomic mass is 32.2. The maximum atomic E-state index is 12.2. The quantitative estimate of drug-likeness (QED) is 0.730. The zero-order valence-electron chi connectivity index (χ0n) is 10.9. The van der Waals surface area contributed by atoms with E-state index in [-0.39, 0.29) is 11.7 Å². The number of likely N-dealkylation sites (N-methyl/N-ethyl adjacent to an activating group) is 1. The minimum Gasteiger partial charge on any atom is -0.316 e. The Morgan fingerprint density at radius 2 is 2.24 bits per heavy atom. The van der Waals surface area contributed by atoms with Crippen LogP contribution in [0.25, 0.3) is 0 Å². The van der Waals surface area contributed by atoms with Gasteiger partial charge in [0.25, 0.3) is 0 Å². The Morgan fingerprint density at radius 3 is 2.71 bits per heavy atom. The van der Waals surface area contributed by atoms with E-state index in [2.05, 4.69) is 11.9 Å². The highest BCUT2D eigenvalue weighted by molar-refractivity contribution is 7.89. The molecule has 1 aliphatic rings. The van der Waals surface area contributed by atoms with E-state index >= 15 is 0 Å². The van der Waals surface area contributed by atoms with Crippen LogP contribution in [0.15, 0.2) is 12.2 Å². The molecule has 1 heterocycles. The Balaban J connectivity index is 2.61. The van der Waals surface area contributed by atoms with Crippen LogP contribution >= 0.6 is 0 Å². The molecule has 0 bridgehead atoms. The molecule has 0 saturated carbocycles. The molecule has 1 N–H and O–H groups in total. The standard InChI is InChI=1S/C12H24N2O2S/c1-4-14(9-11(2)3)17(15,16)10-12-6-5-7-13-8-12/h12-13H,2,4-10H2,1,3H3. The molecular formula is C12H24N2O2S. The number of sulfonamides is 1. The Kier molecular flexibility index (Phi) is 5.62. The summed E-state index contributed by atoms with van der Waals surface area (Å²) in [6.45, 7) is 10.3. The molecular weight excluding hydrogens is 236 g/mol. The topological polar surface area (TPSA) is 49.4 Å². The lowest BCUT2D eigenvalue weighted by atomic mass is 10.0. The average Bonchev–Trinajstić information content (AvgIpc) is 2.26. The molecule has 0 aromatic heterocycles. The predicted octanol–water partition coefficient (Wildman–Crippen LogP) is 1.21. The van der Waals surface area contributed by atoms with Crippen LogP contribution in [0.4, 0.5) is 0 Å². The van der Waals surface area contributed by atoms with Crippen molar-refractivity contribution in [1.29, 1.82) is 0 Å². The number of hydrogen-bond acceptors (Lipinski definition) is 3. The van der Waals surface area contributed by atoms with Gasteiger partial charge in [-0.25, -0.2) is 8.42 Å². The Bertz CT molecular complexity index is 346. The van der Waals surface area contributed by atoms with Crippen LogP contribution in [0.3, 0.4) is 0 Å². The van der Waals surface area contributed by atoms with Gasteiger partial charge in [-0.3, -0.25) is 0 Å². The third-order valence-corrected chi connectivity index (χ3v) is 5.10. The molecule has 17 heavy (non-hydrogen) atoms. The van der Waals surface area contributed by atoms with Gasteiger partial charge in [0, 0.05) is 13.1 Å². The van der Waals surface area contributed by atoms with Gasteiger partial charge < -0.3 is 5.32 Å². The first kappa shape index (κ1) is 14.7. The molecule has 1 fully saturated rings. The minimum absolute atomic E-state index is 0.257. The number of hydrogen-bond donors (Lipinski definition) is 1. The summed E-state index contributed by atoms with van der Waals surface area (Å²) in [5.74, 6) is 0.522. The molecule has 100 valence electrons. The maximum Gasteiger partial charge on any atom is 0.214 e. The molecule has 1 unspecified atom stereocenters. The minimum atomic E-state index is -3.13. The van der Waals surface area contributed by atoms with Crippen molar-refractivity contribution in [3.8, 4) is 0 Å². The summed E-state index contributed by atoms with van der Waals surface area (Å²) in [6, 6.07) is 0. The van der Waals surface area contributed by atoms with E-state index in [1.807, 2.05) is 13.8 Å². The van der Waals surface area contributed by atoms with E-state index < -0.39 is 10.0 Å². The van der Waals surface area contributed by atoms with Crippen LogP contribution < -0.4 is 5.32 Å². The van der Waals surface area contributed by atoms with E-state index in [1.165, 1.54) is 4.31 Å². The maximum absolute atomic E-state index is 12.2. The molecule has 0 aromatic carbocycles. The third-order valence-electron chi connectivity index (χ3n) is 3.04. The monoisotopic (exact) mass is 260 g/mol. The van der Waals surface area contributed by atoms with Crippen molar-refractivity contribution in [1.82, 2.24) is 9.62 Å². The van der Waals surface area contributed by atoms with Crippen molar-refractivity contribution < 1.29 is 8.42 Å². The van der Waals surface area contributed by atoms with Crippen molar-refractivity contribution in [3.63, 3.8) is 0 Å². The van der Waals surface area contributed by atoms with E-state index in [0.717, 1.165) is 31.5 Å². The first-order valence-electron chi connectivity index (χ1n) is 6.28. The molecule has 1 saturated heterocycles. The second-order valence-corrected chi connectivity index (χ2v) is 6.89. The smallest absolute Gasteiger partial charge is 0.214 e. The van der Waals surface area contributed by atoms with Crippen LogP contribution in [0.1, 0.15) is 26.7 Å². The molecule has 5 heteroatoms. The van der Waals surface area contributed by atoms with E-state index in [0.29, 0.717) is 13.1 Å². The number of nitrogens with one attached hydrogen (secondary N) is 1. The average molecular weight is 260 g/mol. The zero-order valence-corrected chi connectivity index (χ0v) is 11.7. The summed E-state index contributed by atoms with van der Waals surface area (Å²) in [5.41, 5.74) is 0.886. The Hall–Kier alpha value is -0.390. The van der Waals surface area contributed by atoms with Gasteiger partial charge in [0.1, 0.15) is 0 Å². The van der Waals surface area contributed by atoms with E-state index in [4.69, 9.17) is 0 Å². The van der Waals surface area contributed by atoms with Crippen LogP contribution in [-0.2, 0) is 10.0 Å². The van der Waals surface area contributed by atoms with Crippen LogP contribution in [0.2, 0.25) is 0 Å². The van der Waals surface area contributed by atoms with Crippen LogP contribution in [0, 0.1) is 5.92 Å². The molecule has 0 aliphatic carbocycles. The van der Waals surface area contributed by atoms with Crippen molar-refractivity contribution in [3.05, 3.63) is 12.2 Å². The highest BCUT2D eigenvalue weighted by Gasteiger charge is 2.26. The normalized spacial score (nSPS) is 21.7.